The summed E-state index contributed by atoms with van der Waals surface area (Å²) >= 11 is 0. The highest BCUT2D eigenvalue weighted by Crippen LogP contribution is 2.18. The zero-order valence-electron chi connectivity index (χ0n) is 10.8. The molecule has 4 nitrogen and oxygen atoms in total. The molecule has 1 amide bonds. The molecule has 0 bridgehead atoms. The lowest BCUT2D eigenvalue weighted by atomic mass is 9.95. The maximum Gasteiger partial charge on any atom is 0.248 e. The topological polar surface area (TPSA) is 41.6 Å². The fraction of sp³-hybridized carbons (Fsp3) is 0.917. The SMILES string of the molecule is CCC1NC(C)CCC1OCC(=O)N(C)C. The average molecular weight is 228 g/mol. The molecule has 1 heterocycles. The molecule has 1 fully saturated rings. The monoisotopic (exact) mass is 228 g/mol. The van der Waals surface area contributed by atoms with Crippen LogP contribution in [0.2, 0.25) is 0 Å². The molecule has 1 aliphatic rings. The zero-order valence-corrected chi connectivity index (χ0v) is 10.8. The van der Waals surface area contributed by atoms with E-state index in [1.807, 2.05) is 0 Å². The summed E-state index contributed by atoms with van der Waals surface area (Å²) in [7, 11) is 3.51. The first kappa shape index (κ1) is 13.5. The molecule has 3 atom stereocenters. The van der Waals surface area contributed by atoms with Crippen LogP contribution in [0.4, 0.5) is 0 Å². The molecule has 0 aromatic carbocycles. The van der Waals surface area contributed by atoms with E-state index in [1.54, 1.807) is 19.0 Å². The van der Waals surface area contributed by atoms with E-state index < -0.39 is 0 Å². The molecule has 0 radical (unpaired) electrons. The molecule has 1 rings (SSSR count). The second-order valence-electron chi connectivity index (χ2n) is 4.80. The second-order valence-corrected chi connectivity index (χ2v) is 4.80. The molecule has 0 aliphatic carbocycles. The summed E-state index contributed by atoms with van der Waals surface area (Å²) in [6, 6.07) is 0.952. The predicted octanol–water partition coefficient (Wildman–Crippen LogP) is 1.01. The third-order valence-electron chi connectivity index (χ3n) is 3.19. The number of amides is 1. The molecular weight excluding hydrogens is 204 g/mol. The highest BCUT2D eigenvalue weighted by Gasteiger charge is 2.27. The largest absolute Gasteiger partial charge is 0.367 e. The number of carbonyl (C=O) groups is 1. The third kappa shape index (κ3) is 3.76. The molecule has 1 N–H and O–H groups in total. The third-order valence-corrected chi connectivity index (χ3v) is 3.19. The van der Waals surface area contributed by atoms with Gasteiger partial charge >= 0.3 is 0 Å². The van der Waals surface area contributed by atoms with E-state index in [2.05, 4.69) is 19.2 Å². The fourth-order valence-corrected chi connectivity index (χ4v) is 2.06. The number of likely N-dealkylation sites (N-methyl/N-ethyl adjacent to an activating group) is 1. The standard InChI is InChI=1S/C12H24N2O2/c1-5-10-11(7-6-9(2)13-10)16-8-12(15)14(3)4/h9-11,13H,5-8H2,1-4H3. The Morgan fingerprint density at radius 2 is 2.12 bits per heavy atom. The molecule has 0 spiro atoms. The van der Waals surface area contributed by atoms with E-state index in [1.165, 1.54) is 0 Å². The van der Waals surface area contributed by atoms with E-state index in [4.69, 9.17) is 4.74 Å². The number of ether oxygens (including phenoxy) is 1. The number of carbonyl (C=O) groups excluding carboxylic acids is 1. The molecule has 0 aromatic rings. The van der Waals surface area contributed by atoms with Crippen molar-refractivity contribution in [1.82, 2.24) is 10.2 Å². The molecular formula is C12H24N2O2. The van der Waals surface area contributed by atoms with Gasteiger partial charge < -0.3 is 15.0 Å². The van der Waals surface area contributed by atoms with Gasteiger partial charge in [-0.05, 0) is 26.2 Å². The van der Waals surface area contributed by atoms with E-state index >= 15 is 0 Å². The van der Waals surface area contributed by atoms with Gasteiger partial charge in [0.15, 0.2) is 0 Å². The van der Waals surface area contributed by atoms with Gasteiger partial charge in [-0.25, -0.2) is 0 Å². The Balaban J connectivity index is 2.37. The van der Waals surface area contributed by atoms with Crippen molar-refractivity contribution >= 4 is 5.91 Å². The first-order chi connectivity index (χ1) is 7.54. The quantitative estimate of drug-likeness (QED) is 0.781. The van der Waals surface area contributed by atoms with Crippen LogP contribution in [0.1, 0.15) is 33.1 Å². The molecule has 0 saturated carbocycles. The zero-order chi connectivity index (χ0) is 12.1. The van der Waals surface area contributed by atoms with Crippen molar-refractivity contribution in [3.05, 3.63) is 0 Å². The van der Waals surface area contributed by atoms with Crippen molar-refractivity contribution < 1.29 is 9.53 Å². The van der Waals surface area contributed by atoms with E-state index in [-0.39, 0.29) is 18.6 Å². The Kier molecular flexibility index (Phi) is 5.22. The van der Waals surface area contributed by atoms with Crippen molar-refractivity contribution in [2.45, 2.75) is 51.3 Å². The van der Waals surface area contributed by atoms with Gasteiger partial charge in [-0.1, -0.05) is 6.92 Å². The Morgan fingerprint density at radius 3 is 2.69 bits per heavy atom. The minimum absolute atomic E-state index is 0.0356. The van der Waals surface area contributed by atoms with Crippen molar-refractivity contribution in [2.24, 2.45) is 0 Å². The van der Waals surface area contributed by atoms with Crippen LogP contribution in [0.3, 0.4) is 0 Å². The summed E-state index contributed by atoms with van der Waals surface area (Å²) in [6.07, 6.45) is 3.40. The van der Waals surface area contributed by atoms with Crippen molar-refractivity contribution in [3.8, 4) is 0 Å². The van der Waals surface area contributed by atoms with Gasteiger partial charge in [0.2, 0.25) is 5.91 Å². The first-order valence-corrected chi connectivity index (χ1v) is 6.12. The fourth-order valence-electron chi connectivity index (χ4n) is 2.06. The number of hydrogen-bond acceptors (Lipinski definition) is 3. The van der Waals surface area contributed by atoms with Gasteiger partial charge in [-0.2, -0.15) is 0 Å². The Morgan fingerprint density at radius 1 is 1.44 bits per heavy atom. The molecule has 94 valence electrons. The second kappa shape index (κ2) is 6.21. The number of hydrogen-bond donors (Lipinski definition) is 1. The summed E-state index contributed by atoms with van der Waals surface area (Å²) in [5, 5.41) is 3.52. The molecule has 0 aromatic heterocycles. The molecule has 1 saturated heterocycles. The first-order valence-electron chi connectivity index (χ1n) is 6.12. The average Bonchev–Trinajstić information content (AvgIpc) is 2.26. The van der Waals surface area contributed by atoms with E-state index in [0.29, 0.717) is 12.1 Å². The van der Waals surface area contributed by atoms with Crippen molar-refractivity contribution in [2.75, 3.05) is 20.7 Å². The van der Waals surface area contributed by atoms with Gasteiger partial charge in [-0.15, -0.1) is 0 Å². The van der Waals surface area contributed by atoms with Gasteiger partial charge in [0.25, 0.3) is 0 Å². The molecule has 4 heteroatoms. The predicted molar refractivity (Wildman–Crippen MR) is 64.3 cm³/mol. The maximum absolute atomic E-state index is 11.4. The normalized spacial score (nSPS) is 30.1. The van der Waals surface area contributed by atoms with E-state index in [0.717, 1.165) is 19.3 Å². The highest BCUT2D eigenvalue weighted by atomic mass is 16.5. The Bertz CT molecular complexity index is 231. The minimum Gasteiger partial charge on any atom is -0.367 e. The Labute approximate surface area is 98.3 Å². The number of nitrogens with one attached hydrogen (secondary N) is 1. The van der Waals surface area contributed by atoms with Gasteiger partial charge in [-0.3, -0.25) is 4.79 Å². The number of rotatable bonds is 4. The number of nitrogens with zero attached hydrogens (tertiary/aromatic N) is 1. The lowest BCUT2D eigenvalue weighted by Crippen LogP contribution is -2.50. The van der Waals surface area contributed by atoms with Crippen LogP contribution in [0.15, 0.2) is 0 Å². The van der Waals surface area contributed by atoms with Crippen molar-refractivity contribution in [1.29, 1.82) is 0 Å². The van der Waals surface area contributed by atoms with Gasteiger partial charge in [0, 0.05) is 26.2 Å². The highest BCUT2D eigenvalue weighted by molar-refractivity contribution is 5.76. The van der Waals surface area contributed by atoms with Crippen LogP contribution in [0.5, 0.6) is 0 Å². The summed E-state index contributed by atoms with van der Waals surface area (Å²) in [5.74, 6) is 0.0356. The lowest BCUT2D eigenvalue weighted by molar-refractivity contribution is -0.137. The summed E-state index contributed by atoms with van der Waals surface area (Å²) in [5.41, 5.74) is 0. The maximum atomic E-state index is 11.4. The van der Waals surface area contributed by atoms with Crippen LogP contribution in [-0.2, 0) is 9.53 Å². The van der Waals surface area contributed by atoms with Crippen LogP contribution in [0.25, 0.3) is 0 Å². The van der Waals surface area contributed by atoms with Crippen LogP contribution in [-0.4, -0.2) is 49.7 Å². The summed E-state index contributed by atoms with van der Waals surface area (Å²) in [6.45, 7) is 4.55. The molecule has 16 heavy (non-hydrogen) atoms. The van der Waals surface area contributed by atoms with Crippen molar-refractivity contribution in [3.63, 3.8) is 0 Å². The summed E-state index contributed by atoms with van der Waals surface area (Å²) in [4.78, 5) is 13.0. The van der Waals surface area contributed by atoms with Gasteiger partial charge in [0.05, 0.1) is 6.10 Å². The molecule has 3 unspecified atom stereocenters. The summed E-state index contributed by atoms with van der Waals surface area (Å²) < 4.78 is 5.70. The van der Waals surface area contributed by atoms with Gasteiger partial charge in [0.1, 0.15) is 6.61 Å². The molecule has 1 aliphatic heterocycles. The smallest absolute Gasteiger partial charge is 0.248 e. The van der Waals surface area contributed by atoms with Crippen LogP contribution in [0, 0.1) is 0 Å². The van der Waals surface area contributed by atoms with E-state index in [9.17, 15) is 4.79 Å². The minimum atomic E-state index is 0.0356. The lowest BCUT2D eigenvalue weighted by Gasteiger charge is -2.35. The van der Waals surface area contributed by atoms with Crippen LogP contribution < -0.4 is 5.32 Å². The Hall–Kier alpha value is -0.610. The number of piperidine rings is 1. The van der Waals surface area contributed by atoms with Crippen LogP contribution >= 0.6 is 0 Å².